The summed E-state index contributed by atoms with van der Waals surface area (Å²) in [7, 11) is 0. The molecular formula is C15H28O. The highest BCUT2D eigenvalue weighted by molar-refractivity contribution is 4.85. The molecule has 1 N–H and O–H groups in total. The van der Waals surface area contributed by atoms with Crippen LogP contribution in [-0.4, -0.2) is 11.7 Å². The summed E-state index contributed by atoms with van der Waals surface area (Å²) in [5.41, 5.74) is 0. The second-order valence-corrected chi connectivity index (χ2v) is 4.24. The zero-order valence-corrected chi connectivity index (χ0v) is 10.8. The van der Waals surface area contributed by atoms with Crippen LogP contribution in [-0.2, 0) is 0 Å². The van der Waals surface area contributed by atoms with Crippen molar-refractivity contribution in [3.8, 4) is 0 Å². The summed E-state index contributed by atoms with van der Waals surface area (Å²) in [6, 6.07) is 0. The highest BCUT2D eigenvalue weighted by Gasteiger charge is 1.84. The van der Waals surface area contributed by atoms with Crippen molar-refractivity contribution in [3.05, 3.63) is 24.3 Å². The van der Waals surface area contributed by atoms with E-state index in [0.29, 0.717) is 6.61 Å². The van der Waals surface area contributed by atoms with Gasteiger partial charge in [0, 0.05) is 6.61 Å². The van der Waals surface area contributed by atoms with Crippen LogP contribution >= 0.6 is 0 Å². The Bertz CT molecular complexity index is 170. The standard InChI is InChI=1S/C15H28O/c1-2-3-4-5-6-7-8-9-10-11-12-13-14-15-16/h5-6,10-11,16H,2-4,7-9,12-15H2,1H3/b6-5+,11-10+. The van der Waals surface area contributed by atoms with E-state index in [1.54, 1.807) is 0 Å². The molecule has 0 saturated carbocycles. The zero-order valence-electron chi connectivity index (χ0n) is 10.8. The molecule has 0 aromatic carbocycles. The first-order chi connectivity index (χ1) is 7.91. The minimum absolute atomic E-state index is 0.330. The Morgan fingerprint density at radius 1 is 0.688 bits per heavy atom. The highest BCUT2D eigenvalue weighted by Crippen LogP contribution is 2.02. The number of hydrogen-bond donors (Lipinski definition) is 1. The van der Waals surface area contributed by atoms with Gasteiger partial charge in [-0.05, 0) is 44.9 Å². The Morgan fingerprint density at radius 3 is 1.69 bits per heavy atom. The van der Waals surface area contributed by atoms with E-state index in [0.717, 1.165) is 19.3 Å². The molecule has 0 unspecified atom stereocenters. The van der Waals surface area contributed by atoms with Gasteiger partial charge in [-0.25, -0.2) is 0 Å². The third kappa shape index (κ3) is 13.4. The SMILES string of the molecule is CCCC/C=C/CCC/C=C/CCCCO. The van der Waals surface area contributed by atoms with Gasteiger partial charge in [-0.2, -0.15) is 0 Å². The number of aliphatic hydroxyl groups excluding tert-OH is 1. The van der Waals surface area contributed by atoms with E-state index in [1.165, 1.54) is 38.5 Å². The molecule has 16 heavy (non-hydrogen) atoms. The molecule has 0 atom stereocenters. The van der Waals surface area contributed by atoms with Gasteiger partial charge < -0.3 is 5.11 Å². The average molecular weight is 224 g/mol. The fourth-order valence-corrected chi connectivity index (χ4v) is 1.52. The molecule has 0 spiro atoms. The molecule has 0 aliphatic rings. The minimum atomic E-state index is 0.330. The lowest BCUT2D eigenvalue weighted by Crippen LogP contribution is -1.80. The van der Waals surface area contributed by atoms with Crippen LogP contribution in [0.5, 0.6) is 0 Å². The maximum absolute atomic E-state index is 8.60. The first kappa shape index (κ1) is 15.4. The number of rotatable bonds is 11. The average Bonchev–Trinajstić information content (AvgIpc) is 2.31. The fourth-order valence-electron chi connectivity index (χ4n) is 1.52. The molecule has 0 amide bonds. The second-order valence-electron chi connectivity index (χ2n) is 4.24. The van der Waals surface area contributed by atoms with Gasteiger partial charge in [0.25, 0.3) is 0 Å². The van der Waals surface area contributed by atoms with E-state index in [9.17, 15) is 0 Å². The van der Waals surface area contributed by atoms with Gasteiger partial charge >= 0.3 is 0 Å². The predicted octanol–water partition coefficient (Wildman–Crippen LogP) is 4.62. The first-order valence-electron chi connectivity index (χ1n) is 6.82. The van der Waals surface area contributed by atoms with Crippen LogP contribution in [0.1, 0.15) is 64.7 Å². The zero-order chi connectivity index (χ0) is 11.9. The summed E-state index contributed by atoms with van der Waals surface area (Å²) >= 11 is 0. The van der Waals surface area contributed by atoms with Crippen LogP contribution in [0, 0.1) is 0 Å². The fraction of sp³-hybridized carbons (Fsp3) is 0.733. The third-order valence-corrected chi connectivity index (χ3v) is 2.58. The highest BCUT2D eigenvalue weighted by atomic mass is 16.2. The van der Waals surface area contributed by atoms with E-state index in [4.69, 9.17) is 5.11 Å². The van der Waals surface area contributed by atoms with Crippen molar-refractivity contribution >= 4 is 0 Å². The molecule has 0 bridgehead atoms. The molecular weight excluding hydrogens is 196 g/mol. The molecule has 0 aliphatic heterocycles. The molecule has 0 aliphatic carbocycles. The molecule has 1 heteroatoms. The van der Waals surface area contributed by atoms with Crippen LogP contribution in [0.25, 0.3) is 0 Å². The largest absolute Gasteiger partial charge is 0.396 e. The Hall–Kier alpha value is -0.560. The van der Waals surface area contributed by atoms with Gasteiger partial charge in [0.1, 0.15) is 0 Å². The van der Waals surface area contributed by atoms with Crippen molar-refractivity contribution in [1.82, 2.24) is 0 Å². The molecule has 0 aromatic heterocycles. The quantitative estimate of drug-likeness (QED) is 0.401. The monoisotopic (exact) mass is 224 g/mol. The molecule has 0 heterocycles. The van der Waals surface area contributed by atoms with Crippen LogP contribution in [0.2, 0.25) is 0 Å². The topological polar surface area (TPSA) is 20.2 Å². The predicted molar refractivity (Wildman–Crippen MR) is 72.6 cm³/mol. The van der Waals surface area contributed by atoms with E-state index < -0.39 is 0 Å². The van der Waals surface area contributed by atoms with Crippen molar-refractivity contribution in [2.75, 3.05) is 6.61 Å². The molecule has 0 radical (unpaired) electrons. The molecule has 0 aromatic rings. The lowest BCUT2D eigenvalue weighted by atomic mass is 10.1. The lowest BCUT2D eigenvalue weighted by molar-refractivity contribution is 0.285. The second kappa shape index (κ2) is 14.4. The van der Waals surface area contributed by atoms with Gasteiger partial charge in [-0.3, -0.25) is 0 Å². The molecule has 0 fully saturated rings. The Labute approximate surface area is 101 Å². The normalized spacial score (nSPS) is 11.9. The number of hydrogen-bond acceptors (Lipinski definition) is 1. The summed E-state index contributed by atoms with van der Waals surface area (Å²) < 4.78 is 0. The molecule has 0 rings (SSSR count). The minimum Gasteiger partial charge on any atom is -0.396 e. The number of unbranched alkanes of at least 4 members (excludes halogenated alkanes) is 6. The maximum Gasteiger partial charge on any atom is 0.0431 e. The van der Waals surface area contributed by atoms with Gasteiger partial charge in [0.15, 0.2) is 0 Å². The summed E-state index contributed by atoms with van der Waals surface area (Å²) in [5, 5.41) is 8.60. The maximum atomic E-state index is 8.60. The number of allylic oxidation sites excluding steroid dienone is 4. The summed E-state index contributed by atoms with van der Waals surface area (Å²) in [6.07, 6.45) is 19.8. The lowest BCUT2D eigenvalue weighted by Gasteiger charge is -1.93. The van der Waals surface area contributed by atoms with Crippen molar-refractivity contribution < 1.29 is 5.11 Å². The van der Waals surface area contributed by atoms with E-state index in [1.807, 2.05) is 0 Å². The molecule has 1 nitrogen and oxygen atoms in total. The van der Waals surface area contributed by atoms with Crippen molar-refractivity contribution in [2.45, 2.75) is 64.7 Å². The van der Waals surface area contributed by atoms with E-state index in [-0.39, 0.29) is 0 Å². The van der Waals surface area contributed by atoms with Crippen molar-refractivity contribution in [1.29, 1.82) is 0 Å². The molecule has 94 valence electrons. The van der Waals surface area contributed by atoms with Gasteiger partial charge in [0.2, 0.25) is 0 Å². The van der Waals surface area contributed by atoms with Crippen molar-refractivity contribution in [2.24, 2.45) is 0 Å². The van der Waals surface area contributed by atoms with Gasteiger partial charge in [0.05, 0.1) is 0 Å². The van der Waals surface area contributed by atoms with Gasteiger partial charge in [-0.15, -0.1) is 0 Å². The smallest absolute Gasteiger partial charge is 0.0431 e. The first-order valence-corrected chi connectivity index (χ1v) is 6.82. The Balaban J connectivity index is 3.10. The van der Waals surface area contributed by atoms with Crippen LogP contribution in [0.15, 0.2) is 24.3 Å². The Morgan fingerprint density at radius 2 is 1.19 bits per heavy atom. The number of aliphatic hydroxyl groups is 1. The van der Waals surface area contributed by atoms with Crippen LogP contribution < -0.4 is 0 Å². The molecule has 0 saturated heterocycles. The van der Waals surface area contributed by atoms with E-state index >= 15 is 0 Å². The van der Waals surface area contributed by atoms with E-state index in [2.05, 4.69) is 31.2 Å². The summed E-state index contributed by atoms with van der Waals surface area (Å²) in [4.78, 5) is 0. The van der Waals surface area contributed by atoms with Crippen LogP contribution in [0.4, 0.5) is 0 Å². The van der Waals surface area contributed by atoms with Gasteiger partial charge in [-0.1, -0.05) is 44.1 Å². The summed E-state index contributed by atoms with van der Waals surface area (Å²) in [5.74, 6) is 0. The van der Waals surface area contributed by atoms with Crippen LogP contribution in [0.3, 0.4) is 0 Å². The third-order valence-electron chi connectivity index (χ3n) is 2.58. The van der Waals surface area contributed by atoms with Crippen molar-refractivity contribution in [3.63, 3.8) is 0 Å². The Kier molecular flexibility index (Phi) is 13.9. The summed E-state index contributed by atoms with van der Waals surface area (Å²) in [6.45, 7) is 2.56.